The highest BCUT2D eigenvalue weighted by Crippen LogP contribution is 2.35. The summed E-state index contributed by atoms with van der Waals surface area (Å²) in [6, 6.07) is 11.9. The Balaban J connectivity index is 1.50. The first-order chi connectivity index (χ1) is 15.1. The number of aromatic nitrogens is 2. The predicted octanol–water partition coefficient (Wildman–Crippen LogP) is 2.39. The van der Waals surface area contributed by atoms with Gasteiger partial charge in [-0.2, -0.15) is 0 Å². The minimum atomic E-state index is -1.42. The number of nitrogens with zero attached hydrogens (tertiary/aromatic N) is 2. The van der Waals surface area contributed by atoms with Crippen molar-refractivity contribution in [1.29, 1.82) is 0 Å². The number of ether oxygens (including phenoxy) is 1. The molecule has 0 radical (unpaired) electrons. The largest absolute Gasteiger partial charge is 0.394 e. The van der Waals surface area contributed by atoms with Crippen LogP contribution in [0.4, 0.5) is 0 Å². The maximum Gasteiger partial charge on any atom is 0.163 e. The van der Waals surface area contributed by atoms with E-state index in [9.17, 15) is 20.4 Å². The lowest BCUT2D eigenvalue weighted by Gasteiger charge is -2.40. The molecule has 3 aromatic heterocycles. The Bertz CT molecular complexity index is 1170. The number of benzene rings is 1. The normalized spacial score (nSPS) is 26.5. The van der Waals surface area contributed by atoms with Gasteiger partial charge in [0.2, 0.25) is 0 Å². The van der Waals surface area contributed by atoms with E-state index < -0.39 is 37.3 Å². The second-order valence-corrected chi connectivity index (χ2v) is 9.63. The second-order valence-electron chi connectivity index (χ2n) is 7.57. The van der Waals surface area contributed by atoms with Gasteiger partial charge in [0.25, 0.3) is 0 Å². The van der Waals surface area contributed by atoms with E-state index in [-0.39, 0.29) is 0 Å². The molecular formula is C22H22N2O5S2. The number of aliphatic hydroxyl groups is 4. The highest BCUT2D eigenvalue weighted by molar-refractivity contribution is 7.21. The van der Waals surface area contributed by atoms with Crippen LogP contribution >= 0.6 is 22.7 Å². The Morgan fingerprint density at radius 3 is 2.61 bits per heavy atom. The van der Waals surface area contributed by atoms with E-state index in [1.807, 2.05) is 48.1 Å². The number of hydrogen-bond acceptors (Lipinski definition) is 8. The summed E-state index contributed by atoms with van der Waals surface area (Å²) in [5.41, 5.74) is 1.84. The minimum Gasteiger partial charge on any atom is -0.394 e. The van der Waals surface area contributed by atoms with Crippen LogP contribution in [0.1, 0.15) is 16.8 Å². The average Bonchev–Trinajstić information content (AvgIpc) is 3.53. The van der Waals surface area contributed by atoms with Gasteiger partial charge in [-0.1, -0.05) is 24.3 Å². The van der Waals surface area contributed by atoms with Crippen LogP contribution in [-0.4, -0.2) is 61.0 Å². The molecule has 1 fully saturated rings. The fraction of sp³-hybridized carbons (Fsp3) is 0.318. The van der Waals surface area contributed by atoms with Crippen molar-refractivity contribution >= 4 is 33.6 Å². The number of para-hydroxylation sites is 1. The Morgan fingerprint density at radius 1 is 1.00 bits per heavy atom. The Kier molecular flexibility index (Phi) is 5.65. The summed E-state index contributed by atoms with van der Waals surface area (Å²) in [4.78, 5) is 6.90. The monoisotopic (exact) mass is 458 g/mol. The summed E-state index contributed by atoms with van der Waals surface area (Å²) in [5, 5.41) is 44.5. The number of thiophene rings is 1. The molecule has 162 valence electrons. The minimum absolute atomic E-state index is 0.460. The molecule has 1 saturated heterocycles. The molecule has 9 heteroatoms. The average molecular weight is 459 g/mol. The molecule has 4 aromatic rings. The summed E-state index contributed by atoms with van der Waals surface area (Å²) in [5.74, 6) is 0. The third-order valence-corrected chi connectivity index (χ3v) is 7.69. The molecule has 1 aliphatic rings. The summed E-state index contributed by atoms with van der Waals surface area (Å²) >= 11 is 3.33. The van der Waals surface area contributed by atoms with Crippen molar-refractivity contribution in [2.75, 3.05) is 6.61 Å². The first-order valence-corrected chi connectivity index (χ1v) is 11.6. The Labute approximate surface area is 186 Å². The Morgan fingerprint density at radius 2 is 1.84 bits per heavy atom. The van der Waals surface area contributed by atoms with Crippen LogP contribution in [0.25, 0.3) is 20.7 Å². The van der Waals surface area contributed by atoms with Crippen LogP contribution in [-0.2, 0) is 11.2 Å². The maximum absolute atomic E-state index is 10.6. The zero-order valence-electron chi connectivity index (χ0n) is 16.4. The topological polar surface area (TPSA) is 108 Å². The zero-order chi connectivity index (χ0) is 21.5. The summed E-state index contributed by atoms with van der Waals surface area (Å²) in [6.45, 7) is -0.460. The van der Waals surface area contributed by atoms with Gasteiger partial charge < -0.3 is 29.7 Å². The molecule has 0 amide bonds. The van der Waals surface area contributed by atoms with Gasteiger partial charge in [0.15, 0.2) is 6.23 Å². The van der Waals surface area contributed by atoms with Gasteiger partial charge in [-0.25, -0.2) is 4.98 Å². The summed E-state index contributed by atoms with van der Waals surface area (Å²) in [6.07, 6.45) is -1.65. The SMILES string of the molecule is OC[C@H]1O[C@@H](n2cc(Cc3ncc(-c4cccs4)s3)c3ccccc32)[C@H](O)[C@@H](O)[C@@H]1O. The molecule has 0 bridgehead atoms. The molecule has 7 nitrogen and oxygen atoms in total. The molecule has 5 rings (SSSR count). The standard InChI is InChI=1S/C22H22N2O5S2/c25-11-15-19(26)20(27)21(28)22(29-15)24-10-12(13-4-1-2-5-14(13)24)8-18-23-9-17(31-18)16-6-3-7-30-16/h1-7,9-10,15,19-22,25-28H,8,11H2/t15-,19-,20+,21-,22-/m1/s1. The van der Waals surface area contributed by atoms with Crippen LogP contribution in [0.2, 0.25) is 0 Å². The molecule has 5 atom stereocenters. The van der Waals surface area contributed by atoms with E-state index in [2.05, 4.69) is 11.1 Å². The first-order valence-electron chi connectivity index (χ1n) is 9.94. The third-order valence-electron chi connectivity index (χ3n) is 5.62. The van der Waals surface area contributed by atoms with Crippen LogP contribution in [0.15, 0.2) is 54.2 Å². The fourth-order valence-corrected chi connectivity index (χ4v) is 5.79. The van der Waals surface area contributed by atoms with Gasteiger partial charge in [-0.3, -0.25) is 0 Å². The van der Waals surface area contributed by atoms with Gasteiger partial charge in [0, 0.05) is 29.1 Å². The van der Waals surface area contributed by atoms with Crippen LogP contribution in [0.5, 0.6) is 0 Å². The third kappa shape index (κ3) is 3.72. The molecule has 4 N–H and O–H groups in total. The highest BCUT2D eigenvalue weighted by atomic mass is 32.1. The molecule has 0 aliphatic carbocycles. The van der Waals surface area contributed by atoms with Gasteiger partial charge in [-0.05, 0) is 23.1 Å². The number of rotatable bonds is 5. The number of aliphatic hydroxyl groups excluding tert-OH is 4. The van der Waals surface area contributed by atoms with Crippen LogP contribution < -0.4 is 0 Å². The van der Waals surface area contributed by atoms with Crippen LogP contribution in [0.3, 0.4) is 0 Å². The quantitative estimate of drug-likeness (QED) is 0.366. The molecule has 0 saturated carbocycles. The molecule has 0 spiro atoms. The van der Waals surface area contributed by atoms with Crippen LogP contribution in [0, 0.1) is 0 Å². The molecule has 1 aromatic carbocycles. The zero-order valence-corrected chi connectivity index (χ0v) is 18.0. The van der Waals surface area contributed by atoms with Gasteiger partial charge in [0.05, 0.1) is 22.0 Å². The summed E-state index contributed by atoms with van der Waals surface area (Å²) < 4.78 is 7.55. The van der Waals surface area contributed by atoms with E-state index in [4.69, 9.17) is 4.74 Å². The van der Waals surface area contributed by atoms with E-state index in [0.717, 1.165) is 26.4 Å². The van der Waals surface area contributed by atoms with Crippen molar-refractivity contribution in [3.05, 3.63) is 64.7 Å². The van der Waals surface area contributed by atoms with E-state index in [0.29, 0.717) is 6.42 Å². The number of fused-ring (bicyclic) bond motifs is 1. The Hall–Kier alpha value is -2.11. The fourth-order valence-electron chi connectivity index (χ4n) is 4.03. The lowest BCUT2D eigenvalue weighted by atomic mass is 9.98. The van der Waals surface area contributed by atoms with E-state index in [1.54, 1.807) is 27.2 Å². The number of thiazole rings is 1. The van der Waals surface area contributed by atoms with Gasteiger partial charge in [0.1, 0.15) is 24.4 Å². The first kappa shape index (κ1) is 20.8. The summed E-state index contributed by atoms with van der Waals surface area (Å²) in [7, 11) is 0. The molecule has 1 aliphatic heterocycles. The van der Waals surface area contributed by atoms with Gasteiger partial charge in [-0.15, -0.1) is 22.7 Å². The van der Waals surface area contributed by atoms with Crippen molar-refractivity contribution in [3.8, 4) is 9.75 Å². The van der Waals surface area contributed by atoms with E-state index >= 15 is 0 Å². The smallest absolute Gasteiger partial charge is 0.163 e. The molecular weight excluding hydrogens is 436 g/mol. The van der Waals surface area contributed by atoms with Crippen molar-refractivity contribution < 1.29 is 25.2 Å². The second kappa shape index (κ2) is 8.44. The molecule has 31 heavy (non-hydrogen) atoms. The van der Waals surface area contributed by atoms with Crippen molar-refractivity contribution in [2.24, 2.45) is 0 Å². The molecule has 4 heterocycles. The van der Waals surface area contributed by atoms with Crippen molar-refractivity contribution in [2.45, 2.75) is 37.1 Å². The van der Waals surface area contributed by atoms with Crippen molar-refractivity contribution in [1.82, 2.24) is 9.55 Å². The maximum atomic E-state index is 10.6. The van der Waals surface area contributed by atoms with Gasteiger partial charge >= 0.3 is 0 Å². The lowest BCUT2D eigenvalue weighted by Crippen LogP contribution is -2.56. The number of hydrogen-bond donors (Lipinski definition) is 4. The predicted molar refractivity (Wildman–Crippen MR) is 119 cm³/mol. The van der Waals surface area contributed by atoms with Crippen molar-refractivity contribution in [3.63, 3.8) is 0 Å². The highest BCUT2D eigenvalue weighted by Gasteiger charge is 2.44. The van der Waals surface area contributed by atoms with E-state index in [1.165, 1.54) is 4.88 Å². The lowest BCUT2D eigenvalue weighted by molar-refractivity contribution is -0.250. The molecule has 0 unspecified atom stereocenters.